The number of H-pyrrole nitrogens is 1. The molecule has 0 bridgehead atoms. The summed E-state index contributed by atoms with van der Waals surface area (Å²) < 4.78 is 42.1. The van der Waals surface area contributed by atoms with E-state index in [1.165, 1.54) is 30.1 Å². The van der Waals surface area contributed by atoms with Crippen LogP contribution < -0.4 is 5.73 Å². The molecule has 0 saturated heterocycles. The minimum absolute atomic E-state index is 0.0542. The summed E-state index contributed by atoms with van der Waals surface area (Å²) in [5, 5.41) is 6.81. The molecular formula is C26H25ClF3N5O. The molecule has 1 aromatic heterocycles. The summed E-state index contributed by atoms with van der Waals surface area (Å²) in [6.45, 7) is 1.98. The van der Waals surface area contributed by atoms with Crippen molar-refractivity contribution in [2.45, 2.75) is 32.2 Å². The van der Waals surface area contributed by atoms with E-state index in [1.807, 2.05) is 0 Å². The summed E-state index contributed by atoms with van der Waals surface area (Å²) in [7, 11) is 1.51. The van der Waals surface area contributed by atoms with Crippen LogP contribution in [-0.4, -0.2) is 46.4 Å². The molecule has 2 heterocycles. The van der Waals surface area contributed by atoms with Gasteiger partial charge in [-0.15, -0.1) is 0 Å². The van der Waals surface area contributed by atoms with Crippen LogP contribution in [0.4, 0.5) is 13.2 Å². The first-order valence-electron chi connectivity index (χ1n) is 11.4. The number of hydrogen-bond donors (Lipinski definition) is 2. The Morgan fingerprint density at radius 3 is 2.50 bits per heavy atom. The predicted molar refractivity (Wildman–Crippen MR) is 133 cm³/mol. The molecule has 3 N–H and O–H groups in total. The van der Waals surface area contributed by atoms with Crippen LogP contribution >= 0.6 is 11.6 Å². The van der Waals surface area contributed by atoms with Gasteiger partial charge in [-0.05, 0) is 61.6 Å². The van der Waals surface area contributed by atoms with Gasteiger partial charge in [0, 0.05) is 42.7 Å². The average molecular weight is 516 g/mol. The molecule has 0 fully saturated rings. The molecule has 0 aliphatic carbocycles. The van der Waals surface area contributed by atoms with Gasteiger partial charge >= 0.3 is 0 Å². The lowest BCUT2D eigenvalue weighted by Gasteiger charge is -2.36. The zero-order valence-corrected chi connectivity index (χ0v) is 20.5. The predicted octanol–water partition coefficient (Wildman–Crippen LogP) is 4.83. The maximum atomic E-state index is 14.5. The van der Waals surface area contributed by atoms with Crippen LogP contribution in [-0.2, 0) is 12.8 Å². The number of benzene rings is 2. The van der Waals surface area contributed by atoms with Crippen molar-refractivity contribution in [3.8, 4) is 0 Å². The van der Waals surface area contributed by atoms with Gasteiger partial charge in [-0.2, -0.15) is 5.10 Å². The standard InChI is InChI=1S/C26H25ClF3N5O/c1-14-24(31)21(25(32-2)17-8-18(28)10-19(29)9-17)5-6-35(14)26(36)22-11-20(30)7-16(23(22)27)4-3-15-12-33-34-13-15/h7-14H,3-6,31H2,1-2H3,(H,33,34)/t14-/m0/s1. The molecule has 4 rings (SSSR count). The van der Waals surface area contributed by atoms with Crippen molar-refractivity contribution < 1.29 is 18.0 Å². The van der Waals surface area contributed by atoms with Crippen molar-refractivity contribution in [1.82, 2.24) is 15.1 Å². The summed E-state index contributed by atoms with van der Waals surface area (Å²) in [5.41, 5.74) is 9.49. The molecule has 10 heteroatoms. The Labute approximate surface area is 211 Å². The van der Waals surface area contributed by atoms with Crippen LogP contribution in [0.3, 0.4) is 0 Å². The van der Waals surface area contributed by atoms with E-state index in [4.69, 9.17) is 17.3 Å². The number of nitrogens with two attached hydrogens (primary N) is 1. The first kappa shape index (κ1) is 25.5. The van der Waals surface area contributed by atoms with Crippen molar-refractivity contribution in [2.75, 3.05) is 13.6 Å². The molecule has 3 aromatic rings. The van der Waals surface area contributed by atoms with Gasteiger partial charge in [0.15, 0.2) is 0 Å². The fraction of sp³-hybridized carbons (Fsp3) is 0.269. The largest absolute Gasteiger partial charge is 0.400 e. The van der Waals surface area contributed by atoms with Gasteiger partial charge in [0.25, 0.3) is 5.91 Å². The Bertz CT molecular complexity index is 1330. The maximum Gasteiger partial charge on any atom is 0.256 e. The molecule has 0 saturated carbocycles. The Morgan fingerprint density at radius 1 is 1.17 bits per heavy atom. The van der Waals surface area contributed by atoms with Gasteiger partial charge in [-0.25, -0.2) is 13.2 Å². The lowest BCUT2D eigenvalue weighted by Crippen LogP contribution is -2.46. The smallest absolute Gasteiger partial charge is 0.256 e. The number of amides is 1. The van der Waals surface area contributed by atoms with E-state index >= 15 is 0 Å². The Kier molecular flexibility index (Phi) is 7.49. The first-order chi connectivity index (χ1) is 17.2. The highest BCUT2D eigenvalue weighted by Crippen LogP contribution is 2.30. The molecule has 1 atom stereocenters. The van der Waals surface area contributed by atoms with E-state index in [2.05, 4.69) is 15.2 Å². The third-order valence-electron chi connectivity index (χ3n) is 6.36. The van der Waals surface area contributed by atoms with Crippen LogP contribution in [0, 0.1) is 17.5 Å². The van der Waals surface area contributed by atoms with Crippen molar-refractivity contribution in [1.29, 1.82) is 0 Å². The zero-order valence-electron chi connectivity index (χ0n) is 19.8. The molecule has 1 aliphatic heterocycles. The number of nitrogens with one attached hydrogen (secondary N) is 1. The number of aromatic amines is 1. The van der Waals surface area contributed by atoms with E-state index in [-0.39, 0.29) is 22.7 Å². The van der Waals surface area contributed by atoms with Gasteiger partial charge in [-0.3, -0.25) is 14.9 Å². The van der Waals surface area contributed by atoms with E-state index in [1.54, 1.807) is 19.3 Å². The molecule has 36 heavy (non-hydrogen) atoms. The van der Waals surface area contributed by atoms with Gasteiger partial charge in [-0.1, -0.05) is 11.6 Å². The number of hydrogen-bond acceptors (Lipinski definition) is 4. The quantitative estimate of drug-likeness (QED) is 0.461. The number of nitrogens with zero attached hydrogens (tertiary/aromatic N) is 3. The van der Waals surface area contributed by atoms with Crippen molar-refractivity contribution >= 4 is 23.2 Å². The number of carbonyl (C=O) groups is 1. The monoisotopic (exact) mass is 515 g/mol. The summed E-state index contributed by atoms with van der Waals surface area (Å²) in [5.74, 6) is -2.47. The van der Waals surface area contributed by atoms with Crippen molar-refractivity contribution in [3.63, 3.8) is 0 Å². The van der Waals surface area contributed by atoms with Crippen LogP contribution in [0.15, 0.2) is 59.0 Å². The fourth-order valence-corrected chi connectivity index (χ4v) is 4.77. The SMILES string of the molecule is CN=C(C1=C(N)[C@H](C)N(C(=O)c2cc(F)cc(CCc3cn[nH]c3)c2Cl)CC1)c1cc(F)cc(F)c1. The molecule has 6 nitrogen and oxygen atoms in total. The molecule has 1 amide bonds. The van der Waals surface area contributed by atoms with Gasteiger partial charge in [0.1, 0.15) is 17.5 Å². The van der Waals surface area contributed by atoms with Crippen LogP contribution in [0.25, 0.3) is 0 Å². The topological polar surface area (TPSA) is 87.4 Å². The summed E-state index contributed by atoms with van der Waals surface area (Å²) in [6.07, 6.45) is 4.72. The highest BCUT2D eigenvalue weighted by Gasteiger charge is 2.32. The number of aryl methyl sites for hydroxylation is 2. The zero-order chi connectivity index (χ0) is 26.0. The minimum atomic E-state index is -0.727. The molecule has 1 aliphatic rings. The second-order valence-electron chi connectivity index (χ2n) is 8.62. The number of aliphatic imine (C=N–C) groups is 1. The lowest BCUT2D eigenvalue weighted by molar-refractivity contribution is 0.0706. The summed E-state index contributed by atoms with van der Waals surface area (Å²) in [4.78, 5) is 19.2. The highest BCUT2D eigenvalue weighted by atomic mass is 35.5. The van der Waals surface area contributed by atoms with Crippen LogP contribution in [0.5, 0.6) is 0 Å². The molecule has 0 spiro atoms. The Morgan fingerprint density at radius 2 is 1.86 bits per heavy atom. The highest BCUT2D eigenvalue weighted by molar-refractivity contribution is 6.34. The molecule has 188 valence electrons. The first-order valence-corrected chi connectivity index (χ1v) is 11.8. The molecule has 0 unspecified atom stereocenters. The third kappa shape index (κ3) is 5.16. The summed E-state index contributed by atoms with van der Waals surface area (Å²) in [6, 6.07) is 5.03. The fourth-order valence-electron chi connectivity index (χ4n) is 4.48. The number of aromatic nitrogens is 2. The molecule has 2 aromatic carbocycles. The number of carbonyl (C=O) groups excluding carboxylic acids is 1. The van der Waals surface area contributed by atoms with E-state index in [9.17, 15) is 18.0 Å². The van der Waals surface area contributed by atoms with Crippen molar-refractivity contribution in [2.24, 2.45) is 10.7 Å². The van der Waals surface area contributed by atoms with E-state index < -0.39 is 29.4 Å². The van der Waals surface area contributed by atoms with E-state index in [0.29, 0.717) is 41.8 Å². The normalized spacial score (nSPS) is 16.6. The third-order valence-corrected chi connectivity index (χ3v) is 6.80. The number of halogens is 4. The van der Waals surface area contributed by atoms with Gasteiger partial charge in [0.05, 0.1) is 28.5 Å². The minimum Gasteiger partial charge on any atom is -0.400 e. The van der Waals surface area contributed by atoms with E-state index in [0.717, 1.165) is 17.7 Å². The second-order valence-corrected chi connectivity index (χ2v) is 9.00. The van der Waals surface area contributed by atoms with Crippen LogP contribution in [0.1, 0.15) is 40.4 Å². The second kappa shape index (κ2) is 10.6. The Hall–Kier alpha value is -3.59. The Balaban J connectivity index is 1.61. The van der Waals surface area contributed by atoms with Crippen LogP contribution in [0.2, 0.25) is 5.02 Å². The average Bonchev–Trinajstić information content (AvgIpc) is 3.35. The lowest BCUT2D eigenvalue weighted by atomic mass is 9.91. The molecular weight excluding hydrogens is 491 g/mol. The summed E-state index contributed by atoms with van der Waals surface area (Å²) >= 11 is 6.56. The maximum absolute atomic E-state index is 14.5. The van der Waals surface area contributed by atoms with Gasteiger partial charge < -0.3 is 10.6 Å². The number of rotatable bonds is 6. The van der Waals surface area contributed by atoms with Crippen molar-refractivity contribution in [3.05, 3.63) is 98.7 Å². The molecule has 0 radical (unpaired) electrons. The van der Waals surface area contributed by atoms with Gasteiger partial charge in [0.2, 0.25) is 0 Å².